The lowest BCUT2D eigenvalue weighted by Gasteiger charge is -2.06. The summed E-state index contributed by atoms with van der Waals surface area (Å²) in [5.74, 6) is 0.786. The standard InChI is InChI=1S/C28H30N4O2/c1-3-19-5-7-21(8-6-19)18-29-28(34)22-12-15-24-25(17-22)32-26(31-24)16-11-20-9-13-23(14-10-20)30-27(33)4-2/h5-10,12-15,17H,3-4,11,16,18H2,1-2H3,(H,29,34)(H,30,33)(H,31,32). The molecule has 0 aliphatic rings. The zero-order valence-corrected chi connectivity index (χ0v) is 19.7. The van der Waals surface area contributed by atoms with Crippen molar-refractivity contribution in [3.63, 3.8) is 0 Å². The second kappa shape index (κ2) is 10.8. The molecule has 2 amide bonds. The topological polar surface area (TPSA) is 86.9 Å². The van der Waals surface area contributed by atoms with Crippen LogP contribution in [0.25, 0.3) is 11.0 Å². The quantitative estimate of drug-likeness (QED) is 0.325. The third kappa shape index (κ3) is 5.90. The molecule has 0 aliphatic heterocycles. The summed E-state index contributed by atoms with van der Waals surface area (Å²) in [6, 6.07) is 21.7. The maximum Gasteiger partial charge on any atom is 0.251 e. The van der Waals surface area contributed by atoms with E-state index in [9.17, 15) is 9.59 Å². The number of carbonyl (C=O) groups excluding carboxylic acids is 2. The van der Waals surface area contributed by atoms with E-state index >= 15 is 0 Å². The van der Waals surface area contributed by atoms with Crippen molar-refractivity contribution in [1.29, 1.82) is 0 Å². The van der Waals surface area contributed by atoms with Crippen molar-refractivity contribution in [3.8, 4) is 0 Å². The Bertz CT molecular complexity index is 1270. The van der Waals surface area contributed by atoms with Crippen molar-refractivity contribution in [3.05, 3.63) is 94.8 Å². The number of imidazole rings is 1. The van der Waals surface area contributed by atoms with Crippen molar-refractivity contribution < 1.29 is 9.59 Å². The Hall–Kier alpha value is -3.93. The number of amides is 2. The largest absolute Gasteiger partial charge is 0.348 e. The Labute approximate surface area is 199 Å². The zero-order chi connectivity index (χ0) is 23.9. The van der Waals surface area contributed by atoms with Crippen LogP contribution in [0, 0.1) is 0 Å². The van der Waals surface area contributed by atoms with Crippen LogP contribution in [0.1, 0.15) is 53.1 Å². The van der Waals surface area contributed by atoms with E-state index in [4.69, 9.17) is 0 Å². The zero-order valence-electron chi connectivity index (χ0n) is 19.7. The fourth-order valence-electron chi connectivity index (χ4n) is 3.77. The molecule has 1 heterocycles. The average molecular weight is 455 g/mol. The van der Waals surface area contributed by atoms with Gasteiger partial charge in [0.25, 0.3) is 5.91 Å². The third-order valence-corrected chi connectivity index (χ3v) is 5.89. The minimum Gasteiger partial charge on any atom is -0.348 e. The van der Waals surface area contributed by atoms with Gasteiger partial charge in [-0.05, 0) is 59.9 Å². The van der Waals surface area contributed by atoms with E-state index in [2.05, 4.69) is 51.8 Å². The van der Waals surface area contributed by atoms with Crippen LogP contribution in [0.2, 0.25) is 0 Å². The number of fused-ring (bicyclic) bond motifs is 1. The highest BCUT2D eigenvalue weighted by Crippen LogP contribution is 2.17. The van der Waals surface area contributed by atoms with Crippen molar-refractivity contribution >= 4 is 28.5 Å². The summed E-state index contributed by atoms with van der Waals surface area (Å²) in [7, 11) is 0. The molecule has 6 nitrogen and oxygen atoms in total. The number of hydrogen-bond donors (Lipinski definition) is 3. The lowest BCUT2D eigenvalue weighted by molar-refractivity contribution is -0.115. The number of aromatic amines is 1. The molecule has 0 radical (unpaired) electrons. The van der Waals surface area contributed by atoms with E-state index in [-0.39, 0.29) is 11.8 Å². The summed E-state index contributed by atoms with van der Waals surface area (Å²) in [5, 5.41) is 5.85. The van der Waals surface area contributed by atoms with Crippen LogP contribution in [-0.2, 0) is 30.6 Å². The van der Waals surface area contributed by atoms with Gasteiger partial charge >= 0.3 is 0 Å². The van der Waals surface area contributed by atoms with Gasteiger partial charge < -0.3 is 15.6 Å². The smallest absolute Gasteiger partial charge is 0.251 e. The van der Waals surface area contributed by atoms with Crippen molar-refractivity contribution in [2.45, 2.75) is 46.1 Å². The van der Waals surface area contributed by atoms with E-state index in [1.807, 2.05) is 49.4 Å². The lowest BCUT2D eigenvalue weighted by Crippen LogP contribution is -2.22. The molecule has 0 saturated heterocycles. The number of H-pyrrole nitrogens is 1. The van der Waals surface area contributed by atoms with E-state index in [0.29, 0.717) is 18.5 Å². The molecule has 4 aromatic rings. The number of anilines is 1. The van der Waals surface area contributed by atoms with Crippen LogP contribution in [0.15, 0.2) is 66.7 Å². The fraction of sp³-hybridized carbons (Fsp3) is 0.250. The molecule has 174 valence electrons. The summed E-state index contributed by atoms with van der Waals surface area (Å²) >= 11 is 0. The molecular weight excluding hydrogens is 424 g/mol. The van der Waals surface area contributed by atoms with Crippen LogP contribution in [0.3, 0.4) is 0 Å². The van der Waals surface area contributed by atoms with Gasteiger partial charge in [0, 0.05) is 30.6 Å². The molecule has 34 heavy (non-hydrogen) atoms. The van der Waals surface area contributed by atoms with Crippen molar-refractivity contribution in [2.24, 2.45) is 0 Å². The highest BCUT2D eigenvalue weighted by molar-refractivity contribution is 5.97. The van der Waals surface area contributed by atoms with Gasteiger partial charge in [-0.15, -0.1) is 0 Å². The summed E-state index contributed by atoms with van der Waals surface area (Å²) in [5.41, 5.74) is 6.65. The number of nitrogens with one attached hydrogen (secondary N) is 3. The predicted molar refractivity (Wildman–Crippen MR) is 136 cm³/mol. The van der Waals surface area contributed by atoms with E-state index in [1.165, 1.54) is 11.1 Å². The summed E-state index contributed by atoms with van der Waals surface area (Å²) in [6.45, 7) is 4.45. The van der Waals surface area contributed by atoms with Gasteiger partial charge in [0.1, 0.15) is 5.82 Å². The van der Waals surface area contributed by atoms with E-state index in [0.717, 1.165) is 47.4 Å². The molecule has 4 rings (SSSR count). The Morgan fingerprint density at radius 3 is 2.26 bits per heavy atom. The van der Waals surface area contributed by atoms with Crippen LogP contribution < -0.4 is 10.6 Å². The number of benzene rings is 3. The number of aromatic nitrogens is 2. The highest BCUT2D eigenvalue weighted by Gasteiger charge is 2.10. The number of nitrogens with zero attached hydrogens (tertiary/aromatic N) is 1. The lowest BCUT2D eigenvalue weighted by atomic mass is 10.1. The fourth-order valence-corrected chi connectivity index (χ4v) is 3.77. The van der Waals surface area contributed by atoms with Gasteiger partial charge in [-0.2, -0.15) is 0 Å². The summed E-state index contributed by atoms with van der Waals surface area (Å²) in [6.07, 6.45) is 3.05. The molecule has 3 aromatic carbocycles. The Morgan fingerprint density at radius 2 is 1.56 bits per heavy atom. The molecule has 6 heteroatoms. The number of carbonyl (C=O) groups is 2. The minimum absolute atomic E-state index is 0.00806. The molecule has 1 aromatic heterocycles. The SMILES string of the molecule is CCC(=O)Nc1ccc(CCc2nc3ccc(C(=O)NCc4ccc(CC)cc4)cc3[nH]2)cc1. The molecule has 0 atom stereocenters. The van der Waals surface area contributed by atoms with Gasteiger partial charge in [-0.25, -0.2) is 4.98 Å². The minimum atomic E-state index is -0.104. The van der Waals surface area contributed by atoms with Gasteiger partial charge in [-0.1, -0.05) is 50.2 Å². The third-order valence-electron chi connectivity index (χ3n) is 5.89. The highest BCUT2D eigenvalue weighted by atomic mass is 16.2. The molecule has 0 saturated carbocycles. The Balaban J connectivity index is 1.34. The van der Waals surface area contributed by atoms with Crippen LogP contribution >= 0.6 is 0 Å². The first-order chi connectivity index (χ1) is 16.5. The monoisotopic (exact) mass is 454 g/mol. The molecule has 0 bridgehead atoms. The van der Waals surface area contributed by atoms with E-state index < -0.39 is 0 Å². The first-order valence-electron chi connectivity index (χ1n) is 11.8. The van der Waals surface area contributed by atoms with Crippen molar-refractivity contribution in [2.75, 3.05) is 5.32 Å². The molecule has 0 fully saturated rings. The molecule has 0 spiro atoms. The first kappa shape index (κ1) is 23.2. The van der Waals surface area contributed by atoms with Gasteiger partial charge in [0.15, 0.2) is 0 Å². The van der Waals surface area contributed by atoms with Gasteiger partial charge in [0.05, 0.1) is 11.0 Å². The first-order valence-corrected chi connectivity index (χ1v) is 11.8. The maximum atomic E-state index is 12.6. The normalized spacial score (nSPS) is 10.9. The molecule has 0 unspecified atom stereocenters. The van der Waals surface area contributed by atoms with Crippen molar-refractivity contribution in [1.82, 2.24) is 15.3 Å². The second-order valence-corrected chi connectivity index (χ2v) is 8.37. The summed E-state index contributed by atoms with van der Waals surface area (Å²) in [4.78, 5) is 32.2. The number of rotatable bonds is 9. The molecule has 0 aliphatic carbocycles. The van der Waals surface area contributed by atoms with Gasteiger partial charge in [0.2, 0.25) is 5.91 Å². The van der Waals surface area contributed by atoms with Crippen LogP contribution in [-0.4, -0.2) is 21.8 Å². The van der Waals surface area contributed by atoms with Gasteiger partial charge in [-0.3, -0.25) is 9.59 Å². The number of hydrogen-bond acceptors (Lipinski definition) is 3. The number of aryl methyl sites for hydroxylation is 3. The predicted octanol–water partition coefficient (Wildman–Crippen LogP) is 5.19. The van der Waals surface area contributed by atoms with Crippen LogP contribution in [0.4, 0.5) is 5.69 Å². The van der Waals surface area contributed by atoms with E-state index in [1.54, 1.807) is 0 Å². The molecule has 3 N–H and O–H groups in total. The van der Waals surface area contributed by atoms with Crippen LogP contribution in [0.5, 0.6) is 0 Å². The molecular formula is C28H30N4O2. The Morgan fingerprint density at radius 1 is 0.853 bits per heavy atom. The second-order valence-electron chi connectivity index (χ2n) is 8.37. The summed E-state index contributed by atoms with van der Waals surface area (Å²) < 4.78 is 0. The Kier molecular flexibility index (Phi) is 7.38. The maximum absolute atomic E-state index is 12.6. The average Bonchev–Trinajstić information content (AvgIpc) is 3.29.